The van der Waals surface area contributed by atoms with Crippen LogP contribution in [-0.2, 0) is 9.53 Å². The number of nitrogens with one attached hydrogen (secondary N) is 1. The highest BCUT2D eigenvalue weighted by molar-refractivity contribution is 9.19. The van der Waals surface area contributed by atoms with Gasteiger partial charge < -0.3 is 4.74 Å². The number of rotatable bonds is 4. The molecule has 0 radical (unpaired) electrons. The molecule has 0 saturated carbocycles. The average molecular weight is 285 g/mol. The molecule has 1 aromatic rings. The molecule has 0 saturated heterocycles. The van der Waals surface area contributed by atoms with E-state index < -0.39 is 5.97 Å². The second-order valence-electron chi connectivity index (χ2n) is 3.10. The van der Waals surface area contributed by atoms with Crippen LogP contribution in [0, 0.1) is 6.92 Å². The summed E-state index contributed by atoms with van der Waals surface area (Å²) in [4.78, 5) is 11.2. The van der Waals surface area contributed by atoms with Gasteiger partial charge in [0.25, 0.3) is 0 Å². The fraction of sp³-hybridized carbons (Fsp3) is 0.273. The largest absolute Gasteiger partial charge is 0.461 e. The minimum Gasteiger partial charge on any atom is -0.461 e. The maximum absolute atomic E-state index is 11.2. The zero-order chi connectivity index (χ0) is 12.0. The lowest BCUT2D eigenvalue weighted by molar-refractivity contribution is -0.134. The van der Waals surface area contributed by atoms with Crippen molar-refractivity contribution in [1.82, 2.24) is 0 Å². The van der Waals surface area contributed by atoms with E-state index in [2.05, 4.69) is 26.5 Å². The first-order valence-electron chi connectivity index (χ1n) is 4.86. The number of ether oxygens (including phenoxy) is 1. The van der Waals surface area contributed by atoms with Crippen molar-refractivity contribution in [2.45, 2.75) is 13.8 Å². The fourth-order valence-electron chi connectivity index (χ4n) is 0.978. The van der Waals surface area contributed by atoms with Crippen molar-refractivity contribution in [2.24, 2.45) is 5.10 Å². The molecule has 1 rings (SSSR count). The highest BCUT2D eigenvalue weighted by Gasteiger charge is 2.07. The maximum atomic E-state index is 11.2. The van der Waals surface area contributed by atoms with Gasteiger partial charge in [-0.2, -0.15) is 5.10 Å². The molecule has 0 bridgehead atoms. The smallest absolute Gasteiger partial charge is 0.366 e. The van der Waals surface area contributed by atoms with Crippen LogP contribution in [0.3, 0.4) is 0 Å². The number of hydrogen-bond acceptors (Lipinski definition) is 4. The summed E-state index contributed by atoms with van der Waals surface area (Å²) in [6, 6.07) is 7.67. The number of esters is 1. The van der Waals surface area contributed by atoms with E-state index in [1.807, 2.05) is 31.2 Å². The van der Waals surface area contributed by atoms with Gasteiger partial charge in [-0.3, -0.25) is 5.43 Å². The molecule has 0 amide bonds. The van der Waals surface area contributed by atoms with Gasteiger partial charge >= 0.3 is 5.97 Å². The standard InChI is InChI=1S/C11H13BrN2O2/c1-3-16-11(15)10(12)14-13-9-6-4-8(2)5-7-9/h4-7,13H,3H2,1-2H3/b14-10-. The Kier molecular flexibility index (Phi) is 4.98. The van der Waals surface area contributed by atoms with Gasteiger partial charge in [0.2, 0.25) is 4.62 Å². The van der Waals surface area contributed by atoms with Gasteiger partial charge in [-0.15, -0.1) is 0 Å². The van der Waals surface area contributed by atoms with Crippen molar-refractivity contribution in [3.63, 3.8) is 0 Å². The predicted octanol–water partition coefficient (Wildman–Crippen LogP) is 2.68. The number of nitrogens with zero attached hydrogens (tertiary/aromatic N) is 1. The van der Waals surface area contributed by atoms with Crippen LogP contribution >= 0.6 is 15.9 Å². The van der Waals surface area contributed by atoms with Crippen LogP contribution in [0.25, 0.3) is 0 Å². The first-order chi connectivity index (χ1) is 7.63. The Morgan fingerprint density at radius 1 is 1.44 bits per heavy atom. The van der Waals surface area contributed by atoms with Crippen LogP contribution in [0.1, 0.15) is 12.5 Å². The number of hydrogen-bond donors (Lipinski definition) is 1. The highest BCUT2D eigenvalue weighted by Crippen LogP contribution is 2.08. The Labute approximate surface area is 103 Å². The second kappa shape index (κ2) is 6.27. The van der Waals surface area contributed by atoms with E-state index >= 15 is 0 Å². The minimum atomic E-state index is -0.484. The summed E-state index contributed by atoms with van der Waals surface area (Å²) < 4.78 is 4.87. The summed E-state index contributed by atoms with van der Waals surface area (Å²) in [5.41, 5.74) is 4.73. The number of carbonyl (C=O) groups is 1. The molecular formula is C11H13BrN2O2. The molecule has 0 aliphatic carbocycles. The van der Waals surface area contributed by atoms with Crippen molar-refractivity contribution >= 4 is 32.2 Å². The van der Waals surface area contributed by atoms with E-state index in [0.717, 1.165) is 5.69 Å². The van der Waals surface area contributed by atoms with Gasteiger partial charge in [-0.05, 0) is 41.9 Å². The molecule has 0 aromatic heterocycles. The molecular weight excluding hydrogens is 272 g/mol. The lowest BCUT2D eigenvalue weighted by Gasteiger charge is -2.02. The minimum absolute atomic E-state index is 0.120. The summed E-state index contributed by atoms with van der Waals surface area (Å²) in [5.74, 6) is -0.484. The molecule has 1 aromatic carbocycles. The first kappa shape index (κ1) is 12.7. The molecule has 0 fully saturated rings. The normalized spacial score (nSPS) is 11.1. The Hall–Kier alpha value is -1.36. The number of benzene rings is 1. The lowest BCUT2D eigenvalue weighted by atomic mass is 10.2. The Morgan fingerprint density at radius 2 is 2.06 bits per heavy atom. The van der Waals surface area contributed by atoms with E-state index in [-0.39, 0.29) is 4.62 Å². The molecule has 0 heterocycles. The van der Waals surface area contributed by atoms with Crippen LogP contribution in [0.2, 0.25) is 0 Å². The zero-order valence-corrected chi connectivity index (χ0v) is 10.7. The van der Waals surface area contributed by atoms with Crippen LogP contribution in [0.4, 0.5) is 5.69 Å². The summed E-state index contributed by atoms with van der Waals surface area (Å²) in [7, 11) is 0. The molecule has 5 heteroatoms. The maximum Gasteiger partial charge on any atom is 0.366 e. The Morgan fingerprint density at radius 3 is 2.62 bits per heavy atom. The quantitative estimate of drug-likeness (QED) is 0.525. The van der Waals surface area contributed by atoms with E-state index in [1.54, 1.807) is 6.92 Å². The third-order valence-electron chi connectivity index (χ3n) is 1.78. The third-order valence-corrected chi connectivity index (χ3v) is 2.28. The molecule has 0 atom stereocenters. The number of carbonyl (C=O) groups excluding carboxylic acids is 1. The van der Waals surface area contributed by atoms with Gasteiger partial charge in [0.05, 0.1) is 12.3 Å². The number of hydrazone groups is 1. The summed E-state index contributed by atoms with van der Waals surface area (Å²) in [5, 5.41) is 3.85. The van der Waals surface area contributed by atoms with E-state index in [4.69, 9.17) is 4.74 Å². The van der Waals surface area contributed by atoms with Crippen molar-refractivity contribution in [3.8, 4) is 0 Å². The van der Waals surface area contributed by atoms with Crippen LogP contribution < -0.4 is 5.43 Å². The summed E-state index contributed by atoms with van der Waals surface area (Å²) in [6.07, 6.45) is 0. The van der Waals surface area contributed by atoms with Crippen LogP contribution in [0.15, 0.2) is 29.4 Å². The van der Waals surface area contributed by atoms with Gasteiger partial charge in [0.1, 0.15) is 0 Å². The molecule has 4 nitrogen and oxygen atoms in total. The molecule has 1 N–H and O–H groups in total. The molecule has 0 unspecified atom stereocenters. The summed E-state index contributed by atoms with van der Waals surface area (Å²) >= 11 is 3.03. The van der Waals surface area contributed by atoms with Crippen LogP contribution in [0.5, 0.6) is 0 Å². The molecule has 16 heavy (non-hydrogen) atoms. The lowest BCUT2D eigenvalue weighted by Crippen LogP contribution is -2.12. The Balaban J connectivity index is 2.58. The molecule has 0 spiro atoms. The number of halogens is 1. The predicted molar refractivity (Wildman–Crippen MR) is 67.8 cm³/mol. The van der Waals surface area contributed by atoms with Crippen molar-refractivity contribution in [1.29, 1.82) is 0 Å². The zero-order valence-electron chi connectivity index (χ0n) is 9.16. The number of aryl methyl sites for hydroxylation is 1. The Bertz CT molecular complexity index is 387. The molecule has 0 aliphatic rings. The van der Waals surface area contributed by atoms with Crippen molar-refractivity contribution in [3.05, 3.63) is 29.8 Å². The van der Waals surface area contributed by atoms with Gasteiger partial charge in [0, 0.05) is 0 Å². The van der Waals surface area contributed by atoms with Gasteiger partial charge in [-0.25, -0.2) is 4.79 Å². The van der Waals surface area contributed by atoms with Gasteiger partial charge in [0.15, 0.2) is 0 Å². The fourth-order valence-corrected chi connectivity index (χ4v) is 1.18. The molecule has 86 valence electrons. The highest BCUT2D eigenvalue weighted by atomic mass is 79.9. The van der Waals surface area contributed by atoms with Gasteiger partial charge in [-0.1, -0.05) is 17.7 Å². The van der Waals surface area contributed by atoms with Crippen molar-refractivity contribution in [2.75, 3.05) is 12.0 Å². The van der Waals surface area contributed by atoms with E-state index in [1.165, 1.54) is 5.56 Å². The van der Waals surface area contributed by atoms with E-state index in [9.17, 15) is 4.79 Å². The topological polar surface area (TPSA) is 50.7 Å². The first-order valence-corrected chi connectivity index (χ1v) is 5.65. The monoisotopic (exact) mass is 284 g/mol. The number of anilines is 1. The second-order valence-corrected chi connectivity index (χ2v) is 3.85. The SMILES string of the molecule is CCOC(=O)/C(Br)=N/Nc1ccc(C)cc1. The third kappa shape index (κ3) is 4.02. The summed E-state index contributed by atoms with van der Waals surface area (Å²) in [6.45, 7) is 4.07. The molecule has 0 aliphatic heterocycles. The average Bonchev–Trinajstić information content (AvgIpc) is 2.28. The van der Waals surface area contributed by atoms with Crippen molar-refractivity contribution < 1.29 is 9.53 Å². The van der Waals surface area contributed by atoms with E-state index in [0.29, 0.717) is 6.61 Å². The van der Waals surface area contributed by atoms with Crippen LogP contribution in [-0.4, -0.2) is 17.2 Å².